The summed E-state index contributed by atoms with van der Waals surface area (Å²) >= 11 is 0. The second-order valence-corrected chi connectivity index (χ2v) is 8.91. The third-order valence-electron chi connectivity index (χ3n) is 4.44. The molecule has 0 saturated carbocycles. The number of ether oxygens (including phenoxy) is 1. The molecule has 0 fully saturated rings. The zero-order valence-electron chi connectivity index (χ0n) is 15.5. The Bertz CT molecular complexity index is 517. The number of hydrogen-bond donors (Lipinski definition) is 2. The summed E-state index contributed by atoms with van der Waals surface area (Å²) in [6.45, 7) is 12.3. The van der Waals surface area contributed by atoms with Crippen molar-refractivity contribution in [3.63, 3.8) is 0 Å². The number of quaternary nitrogens is 1. The summed E-state index contributed by atoms with van der Waals surface area (Å²) in [5.41, 5.74) is 3.29. The second-order valence-electron chi connectivity index (χ2n) is 8.91. The Balaban J connectivity index is 1.76. The lowest BCUT2D eigenvalue weighted by Crippen LogP contribution is -2.97. The molecule has 0 unspecified atom stereocenters. The summed E-state index contributed by atoms with van der Waals surface area (Å²) in [6.07, 6.45) is 4.26. The van der Waals surface area contributed by atoms with Gasteiger partial charge < -0.3 is 15.2 Å². The Kier molecular flexibility index (Phi) is 5.74. The largest absolute Gasteiger partial charge is 0.491 e. The number of rotatable bonds is 7. The first-order chi connectivity index (χ1) is 10.6. The Labute approximate surface area is 141 Å². The van der Waals surface area contributed by atoms with Crippen molar-refractivity contribution in [2.75, 3.05) is 13.2 Å². The van der Waals surface area contributed by atoms with Gasteiger partial charge in [-0.2, -0.15) is 0 Å². The van der Waals surface area contributed by atoms with Crippen LogP contribution in [0.1, 0.15) is 58.6 Å². The Morgan fingerprint density at radius 2 is 1.83 bits per heavy atom. The molecule has 0 heterocycles. The molecule has 0 bridgehead atoms. The number of aliphatic hydroxyl groups excluding tert-OH is 1. The molecule has 0 aliphatic heterocycles. The van der Waals surface area contributed by atoms with Gasteiger partial charge in [-0.25, -0.2) is 0 Å². The van der Waals surface area contributed by atoms with Crippen molar-refractivity contribution in [3.8, 4) is 5.75 Å². The van der Waals surface area contributed by atoms with E-state index < -0.39 is 6.10 Å². The molecule has 23 heavy (non-hydrogen) atoms. The van der Waals surface area contributed by atoms with Crippen molar-refractivity contribution >= 4 is 0 Å². The maximum absolute atomic E-state index is 10.2. The van der Waals surface area contributed by atoms with E-state index in [1.54, 1.807) is 0 Å². The summed E-state index contributed by atoms with van der Waals surface area (Å²) in [4.78, 5) is 0. The summed E-state index contributed by atoms with van der Waals surface area (Å²) in [5, 5.41) is 12.5. The fourth-order valence-corrected chi connectivity index (χ4v) is 3.79. The summed E-state index contributed by atoms with van der Waals surface area (Å²) in [7, 11) is 0. The molecule has 2 rings (SSSR count). The van der Waals surface area contributed by atoms with Crippen LogP contribution in [0.3, 0.4) is 0 Å². The number of hydrogen-bond acceptors (Lipinski definition) is 2. The van der Waals surface area contributed by atoms with E-state index in [1.807, 2.05) is 6.07 Å². The molecule has 3 heteroatoms. The van der Waals surface area contributed by atoms with Crippen molar-refractivity contribution in [2.24, 2.45) is 5.41 Å². The highest BCUT2D eigenvalue weighted by molar-refractivity contribution is 5.38. The van der Waals surface area contributed by atoms with Crippen LogP contribution in [0.15, 0.2) is 18.2 Å². The third kappa shape index (κ3) is 6.15. The molecular formula is C20H34NO2+. The Hall–Kier alpha value is -1.06. The van der Waals surface area contributed by atoms with Crippen LogP contribution in [0.25, 0.3) is 0 Å². The van der Waals surface area contributed by atoms with Gasteiger partial charge in [0.25, 0.3) is 0 Å². The summed E-state index contributed by atoms with van der Waals surface area (Å²) in [5.74, 6) is 0.888. The lowest BCUT2D eigenvalue weighted by atomic mass is 9.82. The molecule has 1 aliphatic rings. The van der Waals surface area contributed by atoms with E-state index in [0.717, 1.165) is 18.6 Å². The van der Waals surface area contributed by atoms with Gasteiger partial charge in [0.05, 0.1) is 5.54 Å². The van der Waals surface area contributed by atoms with E-state index >= 15 is 0 Å². The lowest BCUT2D eigenvalue weighted by Gasteiger charge is -2.31. The van der Waals surface area contributed by atoms with Gasteiger partial charge in [-0.05, 0) is 61.8 Å². The maximum atomic E-state index is 10.2. The highest BCUT2D eigenvalue weighted by Crippen LogP contribution is 2.26. The SMILES string of the molecule is CC(C)(C)CC(C)(C)[NH2+]C[C@H](O)COc1ccc2c(c1)CCC2. The van der Waals surface area contributed by atoms with Gasteiger partial charge in [0.1, 0.15) is 25.0 Å². The van der Waals surface area contributed by atoms with Gasteiger partial charge in [-0.3, -0.25) is 0 Å². The third-order valence-corrected chi connectivity index (χ3v) is 4.44. The first kappa shape index (κ1) is 18.3. The molecular weight excluding hydrogens is 286 g/mol. The molecule has 0 amide bonds. The van der Waals surface area contributed by atoms with Gasteiger partial charge >= 0.3 is 0 Å². The first-order valence-corrected chi connectivity index (χ1v) is 8.92. The highest BCUT2D eigenvalue weighted by Gasteiger charge is 2.29. The molecule has 0 aromatic heterocycles. The second kappa shape index (κ2) is 7.23. The van der Waals surface area contributed by atoms with Gasteiger partial charge in [0, 0.05) is 6.42 Å². The van der Waals surface area contributed by atoms with Crippen LogP contribution >= 0.6 is 0 Å². The van der Waals surface area contributed by atoms with E-state index in [9.17, 15) is 5.11 Å². The molecule has 0 spiro atoms. The number of aliphatic hydroxyl groups is 1. The minimum atomic E-state index is -0.442. The molecule has 0 saturated heterocycles. The van der Waals surface area contributed by atoms with Crippen molar-refractivity contribution in [1.29, 1.82) is 0 Å². The fraction of sp³-hybridized carbons (Fsp3) is 0.700. The van der Waals surface area contributed by atoms with Crippen molar-refractivity contribution in [2.45, 2.75) is 71.9 Å². The van der Waals surface area contributed by atoms with Crippen LogP contribution in [-0.2, 0) is 12.8 Å². The Morgan fingerprint density at radius 3 is 2.52 bits per heavy atom. The first-order valence-electron chi connectivity index (χ1n) is 8.92. The molecule has 1 atom stereocenters. The minimum absolute atomic E-state index is 0.132. The highest BCUT2D eigenvalue weighted by atomic mass is 16.5. The van der Waals surface area contributed by atoms with Gasteiger partial charge in [0.15, 0.2) is 0 Å². The predicted octanol–water partition coefficient (Wildman–Crippen LogP) is 2.69. The minimum Gasteiger partial charge on any atom is -0.491 e. The van der Waals surface area contributed by atoms with Crippen LogP contribution in [0.2, 0.25) is 0 Å². The lowest BCUT2D eigenvalue weighted by molar-refractivity contribution is -0.727. The van der Waals surface area contributed by atoms with E-state index in [4.69, 9.17) is 4.74 Å². The van der Waals surface area contributed by atoms with Crippen molar-refractivity contribution in [3.05, 3.63) is 29.3 Å². The topological polar surface area (TPSA) is 46.1 Å². The standard InChI is InChI=1S/C20H33NO2/c1-19(2,3)14-20(4,5)21-12-17(22)13-23-18-10-9-15-7-6-8-16(15)11-18/h9-11,17,21-22H,6-8,12-14H2,1-5H3/p+1/t17-/m0/s1. The molecule has 0 radical (unpaired) electrons. The van der Waals surface area contributed by atoms with E-state index in [2.05, 4.69) is 52.1 Å². The van der Waals surface area contributed by atoms with E-state index in [-0.39, 0.29) is 5.54 Å². The number of fused-ring (bicyclic) bond motifs is 1. The average molecular weight is 320 g/mol. The van der Waals surface area contributed by atoms with Crippen LogP contribution in [-0.4, -0.2) is 29.9 Å². The Morgan fingerprint density at radius 1 is 1.13 bits per heavy atom. The average Bonchev–Trinajstić information content (AvgIpc) is 2.88. The van der Waals surface area contributed by atoms with Crippen LogP contribution in [0.5, 0.6) is 5.75 Å². The predicted molar refractivity (Wildman–Crippen MR) is 94.9 cm³/mol. The van der Waals surface area contributed by atoms with Crippen molar-refractivity contribution in [1.82, 2.24) is 0 Å². The van der Waals surface area contributed by atoms with Gasteiger partial charge in [-0.15, -0.1) is 0 Å². The monoisotopic (exact) mass is 320 g/mol. The molecule has 1 aromatic carbocycles. The van der Waals surface area contributed by atoms with Crippen LogP contribution < -0.4 is 10.1 Å². The van der Waals surface area contributed by atoms with Gasteiger partial charge in [-0.1, -0.05) is 26.8 Å². The van der Waals surface area contributed by atoms with Gasteiger partial charge in [0.2, 0.25) is 0 Å². The normalized spacial score (nSPS) is 16.3. The molecule has 130 valence electrons. The number of benzene rings is 1. The molecule has 1 aliphatic carbocycles. The zero-order chi connectivity index (χ0) is 17.1. The van der Waals surface area contributed by atoms with E-state index in [1.165, 1.54) is 24.0 Å². The summed E-state index contributed by atoms with van der Waals surface area (Å²) < 4.78 is 5.79. The molecule has 3 nitrogen and oxygen atoms in total. The van der Waals surface area contributed by atoms with Crippen LogP contribution in [0, 0.1) is 5.41 Å². The molecule has 3 N–H and O–H groups in total. The summed E-state index contributed by atoms with van der Waals surface area (Å²) in [6, 6.07) is 6.34. The number of nitrogens with two attached hydrogens (primary N) is 1. The zero-order valence-corrected chi connectivity index (χ0v) is 15.5. The number of aryl methyl sites for hydroxylation is 2. The smallest absolute Gasteiger partial charge is 0.137 e. The van der Waals surface area contributed by atoms with E-state index in [0.29, 0.717) is 18.6 Å². The maximum Gasteiger partial charge on any atom is 0.137 e. The van der Waals surface area contributed by atoms with Crippen molar-refractivity contribution < 1.29 is 15.2 Å². The molecule has 1 aromatic rings. The fourth-order valence-electron chi connectivity index (χ4n) is 3.79. The quantitative estimate of drug-likeness (QED) is 0.811. The van der Waals surface area contributed by atoms with Crippen LogP contribution in [0.4, 0.5) is 0 Å².